The molecule has 1 heterocycles. The largest absolute Gasteiger partial charge is 0.444 e. The van der Waals surface area contributed by atoms with E-state index in [9.17, 15) is 22.8 Å². The summed E-state index contributed by atoms with van der Waals surface area (Å²) in [4.78, 5) is 34.0. The average Bonchev–Trinajstić information content (AvgIpc) is 2.88. The van der Waals surface area contributed by atoms with E-state index in [1.165, 1.54) is 0 Å². The molecule has 1 aliphatic rings. The molecule has 0 aliphatic carbocycles. The van der Waals surface area contributed by atoms with Crippen LogP contribution in [-0.4, -0.2) is 69.3 Å². The monoisotopic (exact) mass is 435 g/mol. The van der Waals surface area contributed by atoms with E-state index in [1.54, 1.807) is 0 Å². The fourth-order valence-electron chi connectivity index (χ4n) is 2.06. The van der Waals surface area contributed by atoms with Gasteiger partial charge in [-0.25, -0.2) is 4.79 Å². The SMILES string of the molecule is CC(C)(C)OC(=O)NCCCCCCN.CS(=O)(=O)OCCN1C(=O)C=CC1=O. The van der Waals surface area contributed by atoms with Gasteiger partial charge in [0.05, 0.1) is 19.4 Å². The molecular weight excluding hydrogens is 402 g/mol. The van der Waals surface area contributed by atoms with Crippen molar-refractivity contribution < 1.29 is 31.7 Å². The molecule has 3 amide bonds. The summed E-state index contributed by atoms with van der Waals surface area (Å²) in [6.07, 6.45) is 7.11. The molecule has 1 aliphatic heterocycles. The Morgan fingerprint density at radius 2 is 1.66 bits per heavy atom. The number of unbranched alkanes of at least 4 members (excludes halogenated alkanes) is 3. The number of nitrogens with two attached hydrogens (primary N) is 1. The molecule has 0 unspecified atom stereocenters. The lowest BCUT2D eigenvalue weighted by Gasteiger charge is -2.19. The second-order valence-corrected chi connectivity index (χ2v) is 8.96. The van der Waals surface area contributed by atoms with Gasteiger partial charge in [-0.2, -0.15) is 8.42 Å². The van der Waals surface area contributed by atoms with Crippen molar-refractivity contribution in [1.29, 1.82) is 0 Å². The number of hydrogen-bond acceptors (Lipinski definition) is 8. The first kappa shape index (κ1) is 27.0. The third-order valence-electron chi connectivity index (χ3n) is 3.31. The predicted molar refractivity (Wildman–Crippen MR) is 108 cm³/mol. The minimum atomic E-state index is -3.52. The van der Waals surface area contributed by atoms with Crippen molar-refractivity contribution in [2.24, 2.45) is 5.73 Å². The van der Waals surface area contributed by atoms with Crippen LogP contribution in [0.15, 0.2) is 12.2 Å². The van der Waals surface area contributed by atoms with Crippen LogP contribution in [-0.2, 0) is 28.6 Å². The van der Waals surface area contributed by atoms with Crippen molar-refractivity contribution in [2.75, 3.05) is 32.5 Å². The Morgan fingerprint density at radius 3 is 2.14 bits per heavy atom. The second kappa shape index (κ2) is 13.3. The Kier molecular flexibility index (Phi) is 12.4. The molecule has 0 aromatic carbocycles. The third kappa shape index (κ3) is 15.6. The maximum absolute atomic E-state index is 11.2. The Labute approximate surface area is 172 Å². The van der Waals surface area contributed by atoms with E-state index in [1.807, 2.05) is 20.8 Å². The summed E-state index contributed by atoms with van der Waals surface area (Å²) in [6, 6.07) is 0. The fourth-order valence-corrected chi connectivity index (χ4v) is 2.44. The number of hydrogen-bond donors (Lipinski definition) is 2. The van der Waals surface area contributed by atoms with Crippen molar-refractivity contribution in [1.82, 2.24) is 10.2 Å². The topological polar surface area (TPSA) is 145 Å². The van der Waals surface area contributed by atoms with Gasteiger partial charge in [0.1, 0.15) is 5.60 Å². The molecule has 0 aromatic rings. The summed E-state index contributed by atoms with van der Waals surface area (Å²) in [7, 11) is -3.52. The standard InChI is InChI=1S/C11H24N2O2.C7H9NO5S/c1-11(2,3)15-10(14)13-9-7-5-4-6-8-12;1-14(11,12)13-5-4-8-6(9)2-3-7(8)10/h4-9,12H2,1-3H3,(H,13,14);2-3H,4-5H2,1H3. The number of imide groups is 1. The predicted octanol–water partition coefficient (Wildman–Crippen LogP) is 0.918. The van der Waals surface area contributed by atoms with Crippen LogP contribution in [0.25, 0.3) is 0 Å². The molecule has 0 radical (unpaired) electrons. The zero-order chi connectivity index (χ0) is 22.5. The first-order chi connectivity index (χ1) is 13.4. The van der Waals surface area contributed by atoms with E-state index in [4.69, 9.17) is 10.5 Å². The summed E-state index contributed by atoms with van der Waals surface area (Å²) < 4.78 is 30.6. The molecule has 0 atom stereocenters. The van der Waals surface area contributed by atoms with Gasteiger partial charge in [-0.1, -0.05) is 12.8 Å². The smallest absolute Gasteiger partial charge is 0.407 e. The molecule has 29 heavy (non-hydrogen) atoms. The summed E-state index contributed by atoms with van der Waals surface area (Å²) in [5, 5.41) is 2.72. The van der Waals surface area contributed by atoms with E-state index in [2.05, 4.69) is 9.50 Å². The summed E-state index contributed by atoms with van der Waals surface area (Å²) >= 11 is 0. The molecular formula is C18H33N3O7S. The van der Waals surface area contributed by atoms with Crippen LogP contribution in [0, 0.1) is 0 Å². The maximum Gasteiger partial charge on any atom is 0.407 e. The van der Waals surface area contributed by atoms with Crippen LogP contribution in [0.1, 0.15) is 46.5 Å². The lowest BCUT2D eigenvalue weighted by Crippen LogP contribution is -2.33. The van der Waals surface area contributed by atoms with E-state index >= 15 is 0 Å². The maximum atomic E-state index is 11.2. The van der Waals surface area contributed by atoms with Crippen molar-refractivity contribution in [2.45, 2.75) is 52.1 Å². The Hall–Kier alpha value is -1.98. The molecule has 3 N–H and O–H groups in total. The molecule has 168 valence electrons. The first-order valence-corrected chi connectivity index (χ1v) is 11.2. The quantitative estimate of drug-likeness (QED) is 0.293. The lowest BCUT2D eigenvalue weighted by atomic mass is 10.2. The fraction of sp³-hybridized carbons (Fsp3) is 0.722. The number of nitrogens with one attached hydrogen (secondary N) is 1. The molecule has 0 aromatic heterocycles. The van der Waals surface area contributed by atoms with E-state index < -0.39 is 27.5 Å². The van der Waals surface area contributed by atoms with Gasteiger partial charge in [0, 0.05) is 18.7 Å². The molecule has 0 saturated carbocycles. The highest BCUT2D eigenvalue weighted by Gasteiger charge is 2.23. The van der Waals surface area contributed by atoms with E-state index in [-0.39, 0.29) is 19.2 Å². The van der Waals surface area contributed by atoms with Crippen LogP contribution >= 0.6 is 0 Å². The number of carbonyl (C=O) groups is 3. The molecule has 1 rings (SSSR count). The van der Waals surface area contributed by atoms with Gasteiger partial charge >= 0.3 is 6.09 Å². The zero-order valence-corrected chi connectivity index (χ0v) is 18.4. The molecule has 0 spiro atoms. The van der Waals surface area contributed by atoms with Crippen molar-refractivity contribution in [3.05, 3.63) is 12.2 Å². The van der Waals surface area contributed by atoms with Crippen molar-refractivity contribution in [3.8, 4) is 0 Å². The summed E-state index contributed by atoms with van der Waals surface area (Å²) in [5.41, 5.74) is 4.96. The van der Waals surface area contributed by atoms with Crippen molar-refractivity contribution >= 4 is 28.0 Å². The second-order valence-electron chi connectivity index (χ2n) is 7.32. The summed E-state index contributed by atoms with van der Waals surface area (Å²) in [6.45, 7) is 6.73. The number of amides is 3. The summed E-state index contributed by atoms with van der Waals surface area (Å²) in [5.74, 6) is -0.904. The van der Waals surface area contributed by atoms with Gasteiger partial charge < -0.3 is 15.8 Å². The Balaban J connectivity index is 0.000000541. The van der Waals surface area contributed by atoms with Crippen LogP contribution in [0.3, 0.4) is 0 Å². The number of carbonyl (C=O) groups excluding carboxylic acids is 3. The highest BCUT2D eigenvalue weighted by Crippen LogP contribution is 2.06. The van der Waals surface area contributed by atoms with Crippen LogP contribution in [0.5, 0.6) is 0 Å². The van der Waals surface area contributed by atoms with Crippen LogP contribution < -0.4 is 11.1 Å². The minimum absolute atomic E-state index is 0.0578. The van der Waals surface area contributed by atoms with Crippen molar-refractivity contribution in [3.63, 3.8) is 0 Å². The number of ether oxygens (including phenoxy) is 1. The molecule has 10 nitrogen and oxygen atoms in total. The minimum Gasteiger partial charge on any atom is -0.444 e. The van der Waals surface area contributed by atoms with E-state index in [0.717, 1.165) is 55.5 Å². The van der Waals surface area contributed by atoms with Gasteiger partial charge in [0.25, 0.3) is 21.9 Å². The number of alkyl carbamates (subject to hydrolysis) is 1. The van der Waals surface area contributed by atoms with E-state index in [0.29, 0.717) is 6.54 Å². The molecule has 0 saturated heterocycles. The van der Waals surface area contributed by atoms with Gasteiger partial charge in [-0.05, 0) is 40.2 Å². The highest BCUT2D eigenvalue weighted by atomic mass is 32.2. The van der Waals surface area contributed by atoms with Gasteiger partial charge in [-0.15, -0.1) is 0 Å². The number of rotatable bonds is 10. The van der Waals surface area contributed by atoms with Gasteiger partial charge in [0.2, 0.25) is 0 Å². The molecule has 0 fully saturated rings. The van der Waals surface area contributed by atoms with Crippen LogP contribution in [0.4, 0.5) is 4.79 Å². The Morgan fingerprint density at radius 1 is 1.10 bits per heavy atom. The third-order valence-corrected chi connectivity index (χ3v) is 3.91. The zero-order valence-electron chi connectivity index (χ0n) is 17.6. The Bertz CT molecular complexity index is 651. The average molecular weight is 436 g/mol. The normalized spacial score (nSPS) is 13.9. The van der Waals surface area contributed by atoms with Crippen LogP contribution in [0.2, 0.25) is 0 Å². The lowest BCUT2D eigenvalue weighted by molar-refractivity contribution is -0.137. The van der Waals surface area contributed by atoms with Gasteiger partial charge in [-0.3, -0.25) is 18.7 Å². The first-order valence-electron chi connectivity index (χ1n) is 9.40. The molecule has 11 heteroatoms. The molecule has 0 bridgehead atoms. The number of nitrogens with zero attached hydrogens (tertiary/aromatic N) is 1. The highest BCUT2D eigenvalue weighted by molar-refractivity contribution is 7.85. The van der Waals surface area contributed by atoms with Gasteiger partial charge in [0.15, 0.2) is 0 Å².